The van der Waals surface area contributed by atoms with Crippen molar-refractivity contribution in [2.45, 2.75) is 126 Å². The Labute approximate surface area is 342 Å². The standard InChI is InChI=1S/2C23H29FO4S/c2*1-3-5-12-23(4-2)15-29(27,28)20-11-6-16(14-25)13-19(20)21(22(23)26)17-7-9-18(24)10-8-17/h2*6-11,13,21-22,25-26H,3-5,12,14-15H2,1-2H3/t21-,22-,23+;21-,22-,23-/m01/s1. The second-order valence-corrected chi connectivity index (χ2v) is 20.1. The van der Waals surface area contributed by atoms with Crippen molar-refractivity contribution in [2.24, 2.45) is 10.8 Å². The predicted octanol–water partition coefficient (Wildman–Crippen LogP) is 8.37. The Hall–Kier alpha value is -3.52. The minimum Gasteiger partial charge on any atom is -0.392 e. The summed E-state index contributed by atoms with van der Waals surface area (Å²) < 4.78 is 80.6. The summed E-state index contributed by atoms with van der Waals surface area (Å²) in [5.41, 5.74) is 1.85. The number of hydrogen-bond donors (Lipinski definition) is 4. The molecule has 0 saturated carbocycles. The maximum absolute atomic E-state index is 13.6. The zero-order valence-corrected chi connectivity index (χ0v) is 35.5. The Morgan fingerprint density at radius 1 is 0.569 bits per heavy atom. The summed E-state index contributed by atoms with van der Waals surface area (Å²) in [6, 6.07) is 21.4. The van der Waals surface area contributed by atoms with Crippen molar-refractivity contribution in [2.75, 3.05) is 11.5 Å². The molecule has 2 aliphatic heterocycles. The van der Waals surface area contributed by atoms with Gasteiger partial charge in [-0.05, 0) is 95.5 Å². The fourth-order valence-electron chi connectivity index (χ4n) is 9.11. The first-order valence-electron chi connectivity index (χ1n) is 20.4. The highest BCUT2D eigenvalue weighted by atomic mass is 32.2. The molecule has 8 nitrogen and oxygen atoms in total. The van der Waals surface area contributed by atoms with Crippen molar-refractivity contribution < 1.29 is 46.0 Å². The van der Waals surface area contributed by atoms with Crippen molar-refractivity contribution in [3.8, 4) is 0 Å². The number of unbranched alkanes of at least 4 members (excludes halogenated alkanes) is 2. The minimum absolute atomic E-state index is 0.124. The highest BCUT2D eigenvalue weighted by Crippen LogP contribution is 2.50. The number of aliphatic hydroxyl groups excluding tert-OH is 4. The van der Waals surface area contributed by atoms with Crippen LogP contribution < -0.4 is 0 Å². The lowest BCUT2D eigenvalue weighted by atomic mass is 9.69. The van der Waals surface area contributed by atoms with Gasteiger partial charge in [0.25, 0.3) is 0 Å². The summed E-state index contributed by atoms with van der Waals surface area (Å²) in [4.78, 5) is 0.379. The van der Waals surface area contributed by atoms with Crippen LogP contribution >= 0.6 is 0 Å². The van der Waals surface area contributed by atoms with Crippen LogP contribution in [-0.4, -0.2) is 61.0 Å². The third-order valence-corrected chi connectivity index (χ3v) is 16.6. The van der Waals surface area contributed by atoms with E-state index in [9.17, 15) is 46.0 Å². The van der Waals surface area contributed by atoms with E-state index in [0.717, 1.165) is 25.7 Å². The molecule has 0 saturated heterocycles. The molecule has 0 aliphatic carbocycles. The number of fused-ring (bicyclic) bond motifs is 2. The van der Waals surface area contributed by atoms with Gasteiger partial charge in [0.15, 0.2) is 19.7 Å². The molecule has 0 unspecified atom stereocenters. The molecule has 0 aromatic heterocycles. The number of hydrogen-bond acceptors (Lipinski definition) is 8. The van der Waals surface area contributed by atoms with Crippen LogP contribution in [0.4, 0.5) is 8.78 Å². The van der Waals surface area contributed by atoms with E-state index < -0.39 is 54.5 Å². The summed E-state index contributed by atoms with van der Waals surface area (Å²) in [5.74, 6) is -2.26. The minimum atomic E-state index is -3.65. The summed E-state index contributed by atoms with van der Waals surface area (Å²) >= 11 is 0. The first kappa shape index (κ1) is 45.6. The lowest BCUT2D eigenvalue weighted by Gasteiger charge is -2.39. The summed E-state index contributed by atoms with van der Waals surface area (Å²) in [6.07, 6.45) is 3.76. The molecule has 12 heteroatoms. The Morgan fingerprint density at radius 3 is 1.21 bits per heavy atom. The average molecular weight is 841 g/mol. The molecule has 4 aromatic carbocycles. The third-order valence-electron chi connectivity index (χ3n) is 12.6. The van der Waals surface area contributed by atoms with Gasteiger partial charge in [-0.3, -0.25) is 0 Å². The zero-order valence-electron chi connectivity index (χ0n) is 33.9. The van der Waals surface area contributed by atoms with Crippen molar-refractivity contribution in [3.63, 3.8) is 0 Å². The van der Waals surface area contributed by atoms with Gasteiger partial charge in [-0.1, -0.05) is 102 Å². The van der Waals surface area contributed by atoms with Gasteiger partial charge < -0.3 is 20.4 Å². The number of aliphatic hydroxyl groups is 4. The molecule has 0 fully saturated rings. The van der Waals surface area contributed by atoms with Gasteiger partial charge in [0.05, 0.1) is 46.7 Å². The van der Waals surface area contributed by atoms with E-state index in [1.807, 2.05) is 27.7 Å². The van der Waals surface area contributed by atoms with Crippen LogP contribution in [0.3, 0.4) is 0 Å². The van der Waals surface area contributed by atoms with Crippen LogP contribution in [0.2, 0.25) is 0 Å². The first-order chi connectivity index (χ1) is 27.6. The summed E-state index contributed by atoms with van der Waals surface area (Å²) in [7, 11) is -7.30. The molecule has 0 spiro atoms. The lowest BCUT2D eigenvalue weighted by Crippen LogP contribution is -2.42. The SMILES string of the molecule is CCCC[C@]1(CC)CS(=O)(=O)c2ccc(CO)cc2[C@@H](c2ccc(F)cc2)[C@H]1O.CCCC[C@]1(CC)CS(=O)(=O)c2ccc(CO)cc2[C@H](c2ccc(F)cc2)[C@@H]1O. The van der Waals surface area contributed by atoms with E-state index in [-0.39, 0.29) is 46.1 Å². The van der Waals surface area contributed by atoms with E-state index in [1.165, 1.54) is 36.4 Å². The van der Waals surface area contributed by atoms with E-state index in [0.29, 0.717) is 59.1 Å². The summed E-state index contributed by atoms with van der Waals surface area (Å²) in [6.45, 7) is 7.47. The van der Waals surface area contributed by atoms with Crippen LogP contribution in [0.5, 0.6) is 0 Å². The molecule has 58 heavy (non-hydrogen) atoms. The number of benzene rings is 4. The van der Waals surface area contributed by atoms with Gasteiger partial charge in [-0.25, -0.2) is 25.6 Å². The molecule has 2 heterocycles. The molecule has 6 atom stereocenters. The van der Waals surface area contributed by atoms with Crippen molar-refractivity contribution in [3.05, 3.63) is 130 Å². The molecule has 6 rings (SSSR count). The fourth-order valence-corrected chi connectivity index (χ4v) is 13.6. The van der Waals surface area contributed by atoms with Gasteiger partial charge in [-0.2, -0.15) is 0 Å². The molecule has 0 amide bonds. The highest BCUT2D eigenvalue weighted by Gasteiger charge is 2.50. The lowest BCUT2D eigenvalue weighted by molar-refractivity contribution is 0.0173. The number of halogens is 2. The smallest absolute Gasteiger partial charge is 0.179 e. The predicted molar refractivity (Wildman–Crippen MR) is 222 cm³/mol. The molecule has 2 aliphatic rings. The van der Waals surface area contributed by atoms with Crippen LogP contribution in [-0.2, 0) is 32.9 Å². The van der Waals surface area contributed by atoms with Crippen molar-refractivity contribution in [1.29, 1.82) is 0 Å². The van der Waals surface area contributed by atoms with E-state index in [1.54, 1.807) is 48.5 Å². The maximum atomic E-state index is 13.6. The second-order valence-electron chi connectivity index (χ2n) is 16.2. The number of sulfone groups is 2. The Kier molecular flexibility index (Phi) is 14.8. The highest BCUT2D eigenvalue weighted by molar-refractivity contribution is 7.91. The number of rotatable bonds is 12. The van der Waals surface area contributed by atoms with Gasteiger partial charge in [0, 0.05) is 22.7 Å². The maximum Gasteiger partial charge on any atom is 0.179 e. The molecule has 0 radical (unpaired) electrons. The van der Waals surface area contributed by atoms with Gasteiger partial charge in [0.1, 0.15) is 11.6 Å². The van der Waals surface area contributed by atoms with Crippen LogP contribution in [0, 0.1) is 22.5 Å². The average Bonchev–Trinajstić information content (AvgIpc) is 3.34. The molecule has 4 aromatic rings. The fraction of sp³-hybridized carbons (Fsp3) is 0.478. The Morgan fingerprint density at radius 2 is 0.914 bits per heavy atom. The molecule has 4 N–H and O–H groups in total. The monoisotopic (exact) mass is 840 g/mol. The molecular weight excluding hydrogens is 783 g/mol. The third kappa shape index (κ3) is 9.27. The van der Waals surface area contributed by atoms with Crippen molar-refractivity contribution in [1.82, 2.24) is 0 Å². The van der Waals surface area contributed by atoms with Crippen molar-refractivity contribution >= 4 is 19.7 Å². The zero-order chi connectivity index (χ0) is 42.5. The topological polar surface area (TPSA) is 149 Å². The molecular formula is C46H58F2O8S2. The van der Waals surface area contributed by atoms with E-state index in [4.69, 9.17) is 0 Å². The van der Waals surface area contributed by atoms with Gasteiger partial charge in [-0.15, -0.1) is 0 Å². The summed E-state index contributed by atoms with van der Waals surface area (Å²) in [5, 5.41) is 42.5. The van der Waals surface area contributed by atoms with Crippen LogP contribution in [0.15, 0.2) is 94.7 Å². The van der Waals surface area contributed by atoms with Crippen LogP contribution in [0.25, 0.3) is 0 Å². The molecule has 316 valence electrons. The van der Waals surface area contributed by atoms with Crippen LogP contribution in [0.1, 0.15) is 124 Å². The Bertz CT molecular complexity index is 2070. The second kappa shape index (κ2) is 18.8. The van der Waals surface area contributed by atoms with Gasteiger partial charge in [0.2, 0.25) is 0 Å². The normalized spacial score (nSPS) is 26.0. The Balaban J connectivity index is 0.000000221. The largest absolute Gasteiger partial charge is 0.392 e. The van der Waals surface area contributed by atoms with E-state index >= 15 is 0 Å². The first-order valence-corrected chi connectivity index (χ1v) is 23.7. The van der Waals surface area contributed by atoms with Gasteiger partial charge >= 0.3 is 0 Å². The van der Waals surface area contributed by atoms with E-state index in [2.05, 4.69) is 0 Å². The quantitative estimate of drug-likeness (QED) is 0.111. The molecule has 0 bridgehead atoms.